The number of esters is 1. The SMILES string of the molecule is CCN=c1cc2oc3cc(N)c(C)cc3c(-c3ccccc3C(=O)N(C)CCCCCC(=O)OC)c-2cc1C. The molecule has 7 nitrogen and oxygen atoms in total. The summed E-state index contributed by atoms with van der Waals surface area (Å²) in [5.74, 6) is 0.437. The van der Waals surface area contributed by atoms with E-state index in [1.807, 2.05) is 70.3 Å². The summed E-state index contributed by atoms with van der Waals surface area (Å²) in [6.45, 7) is 7.29. The summed E-state index contributed by atoms with van der Waals surface area (Å²) in [6.07, 6.45) is 2.78. The first kappa shape index (κ1) is 27.9. The molecule has 39 heavy (non-hydrogen) atoms. The molecule has 0 atom stereocenters. The topological polar surface area (TPSA) is 98.1 Å². The fraction of sp³-hybridized carbons (Fsp3) is 0.344. The van der Waals surface area contributed by atoms with Crippen LogP contribution in [0.15, 0.2) is 57.9 Å². The number of carbonyl (C=O) groups excluding carboxylic acids is 2. The maximum absolute atomic E-state index is 13.7. The van der Waals surface area contributed by atoms with E-state index >= 15 is 0 Å². The Kier molecular flexibility index (Phi) is 8.69. The van der Waals surface area contributed by atoms with Gasteiger partial charge in [-0.1, -0.05) is 24.6 Å². The summed E-state index contributed by atoms with van der Waals surface area (Å²) < 4.78 is 11.1. The predicted molar refractivity (Wildman–Crippen MR) is 156 cm³/mol. The Morgan fingerprint density at radius 1 is 1.00 bits per heavy atom. The maximum atomic E-state index is 13.7. The third kappa shape index (κ3) is 5.98. The first-order valence-electron chi connectivity index (χ1n) is 13.4. The van der Waals surface area contributed by atoms with Crippen molar-refractivity contribution in [3.8, 4) is 22.5 Å². The van der Waals surface area contributed by atoms with Crippen LogP contribution in [0.5, 0.6) is 0 Å². The molecular formula is C32H37N3O4. The average molecular weight is 528 g/mol. The highest BCUT2D eigenvalue weighted by molar-refractivity contribution is 6.09. The van der Waals surface area contributed by atoms with Gasteiger partial charge in [-0.3, -0.25) is 14.6 Å². The van der Waals surface area contributed by atoms with Crippen LogP contribution in [-0.4, -0.2) is 44.0 Å². The molecule has 1 heterocycles. The normalized spacial score (nSPS) is 11.8. The third-order valence-electron chi connectivity index (χ3n) is 7.13. The number of unbranched alkanes of at least 4 members (excludes halogenated alkanes) is 2. The highest BCUT2D eigenvalue weighted by atomic mass is 16.5. The number of nitrogens with two attached hydrogens (primary N) is 1. The Morgan fingerprint density at radius 3 is 2.51 bits per heavy atom. The van der Waals surface area contributed by atoms with Crippen molar-refractivity contribution in [2.24, 2.45) is 4.99 Å². The van der Waals surface area contributed by atoms with Crippen molar-refractivity contribution in [2.45, 2.75) is 46.5 Å². The number of hydrogen-bond acceptors (Lipinski definition) is 6. The van der Waals surface area contributed by atoms with E-state index in [4.69, 9.17) is 14.9 Å². The predicted octanol–water partition coefficient (Wildman–Crippen LogP) is 6.13. The number of hydrogen-bond donors (Lipinski definition) is 1. The van der Waals surface area contributed by atoms with Crippen LogP contribution in [0.2, 0.25) is 0 Å². The van der Waals surface area contributed by atoms with Crippen LogP contribution in [0.1, 0.15) is 54.1 Å². The van der Waals surface area contributed by atoms with Crippen LogP contribution in [-0.2, 0) is 9.53 Å². The van der Waals surface area contributed by atoms with Crippen LogP contribution in [0.4, 0.5) is 5.69 Å². The van der Waals surface area contributed by atoms with Gasteiger partial charge in [-0.15, -0.1) is 0 Å². The third-order valence-corrected chi connectivity index (χ3v) is 7.13. The summed E-state index contributed by atoms with van der Waals surface area (Å²) in [5, 5.41) is 1.79. The minimum Gasteiger partial charge on any atom is -0.469 e. The van der Waals surface area contributed by atoms with Crippen molar-refractivity contribution in [3.63, 3.8) is 0 Å². The van der Waals surface area contributed by atoms with Crippen LogP contribution in [0.25, 0.3) is 33.4 Å². The van der Waals surface area contributed by atoms with Crippen molar-refractivity contribution in [2.75, 3.05) is 33.0 Å². The number of ether oxygens (including phenoxy) is 1. The first-order chi connectivity index (χ1) is 18.7. The summed E-state index contributed by atoms with van der Waals surface area (Å²) in [6, 6.07) is 15.7. The largest absolute Gasteiger partial charge is 0.469 e. The van der Waals surface area contributed by atoms with Gasteiger partial charge in [0.15, 0.2) is 0 Å². The number of benzene rings is 3. The molecule has 2 aromatic rings. The molecule has 0 fully saturated rings. The van der Waals surface area contributed by atoms with Crippen LogP contribution in [0.3, 0.4) is 0 Å². The zero-order valence-electron chi connectivity index (χ0n) is 23.5. The molecule has 7 heteroatoms. The number of fused-ring (bicyclic) bond motifs is 2. The molecular weight excluding hydrogens is 490 g/mol. The minimum absolute atomic E-state index is 0.0536. The lowest BCUT2D eigenvalue weighted by molar-refractivity contribution is -0.140. The van der Waals surface area contributed by atoms with E-state index in [9.17, 15) is 9.59 Å². The second-order valence-corrected chi connectivity index (χ2v) is 9.95. The standard InChI is InChI=1S/C32H37N3O4/c1-6-34-27-19-29-25(17-21(27)3)31(24-16-20(2)26(33)18-28(24)39-29)22-12-9-10-13-23(22)32(37)35(4)15-11-7-8-14-30(36)38-5/h9-10,12-13,16-19H,6-8,11,14-15,33H2,1-5H3. The lowest BCUT2D eigenvalue weighted by atomic mass is 9.89. The molecule has 204 valence electrons. The summed E-state index contributed by atoms with van der Waals surface area (Å²) >= 11 is 0. The lowest BCUT2D eigenvalue weighted by Gasteiger charge is -2.22. The number of carbonyl (C=O) groups is 2. The summed E-state index contributed by atoms with van der Waals surface area (Å²) in [4.78, 5) is 31.5. The number of amides is 1. The number of rotatable bonds is 9. The van der Waals surface area contributed by atoms with E-state index in [0.717, 1.165) is 57.8 Å². The van der Waals surface area contributed by atoms with Crippen molar-refractivity contribution in [1.29, 1.82) is 0 Å². The van der Waals surface area contributed by atoms with Gasteiger partial charge < -0.3 is 19.8 Å². The molecule has 4 rings (SSSR count). The number of aryl methyl sites for hydroxylation is 2. The van der Waals surface area contributed by atoms with Gasteiger partial charge in [0.05, 0.1) is 12.5 Å². The van der Waals surface area contributed by atoms with Crippen molar-refractivity contribution < 1.29 is 18.7 Å². The zero-order chi connectivity index (χ0) is 28.1. The molecule has 2 N–H and O–H groups in total. The Balaban J connectivity index is 1.80. The first-order valence-corrected chi connectivity index (χ1v) is 13.4. The zero-order valence-corrected chi connectivity index (χ0v) is 23.5. The maximum Gasteiger partial charge on any atom is 0.305 e. The van der Waals surface area contributed by atoms with E-state index in [1.54, 1.807) is 4.90 Å². The van der Waals surface area contributed by atoms with Crippen LogP contribution >= 0.6 is 0 Å². The second-order valence-electron chi connectivity index (χ2n) is 9.95. The van der Waals surface area contributed by atoms with Crippen LogP contribution in [0, 0.1) is 13.8 Å². The highest BCUT2D eigenvalue weighted by Gasteiger charge is 2.24. The highest BCUT2D eigenvalue weighted by Crippen LogP contribution is 2.42. The molecule has 0 spiro atoms. The van der Waals surface area contributed by atoms with Crippen molar-refractivity contribution in [3.05, 3.63) is 70.6 Å². The Labute approximate surface area is 229 Å². The molecule has 1 amide bonds. The summed E-state index contributed by atoms with van der Waals surface area (Å²) in [7, 11) is 3.22. The molecule has 0 bridgehead atoms. The molecule has 1 aliphatic heterocycles. The average Bonchev–Trinajstić information content (AvgIpc) is 2.92. The van der Waals surface area contributed by atoms with Crippen LogP contribution < -0.4 is 11.1 Å². The Bertz CT molecular complexity index is 1550. The molecule has 0 radical (unpaired) electrons. The molecule has 1 aliphatic carbocycles. The molecule has 2 aromatic carbocycles. The van der Waals surface area contributed by atoms with Gasteiger partial charge >= 0.3 is 5.97 Å². The number of methoxy groups -OCH3 is 1. The van der Waals surface area contributed by atoms with E-state index in [2.05, 4.69) is 11.1 Å². The lowest BCUT2D eigenvalue weighted by Crippen LogP contribution is -2.28. The monoisotopic (exact) mass is 527 g/mol. The Morgan fingerprint density at radius 2 is 1.77 bits per heavy atom. The van der Waals surface area contributed by atoms with Crippen molar-refractivity contribution in [1.82, 2.24) is 4.90 Å². The van der Waals surface area contributed by atoms with Gasteiger partial charge in [0.2, 0.25) is 0 Å². The van der Waals surface area contributed by atoms with Gasteiger partial charge in [0.1, 0.15) is 11.3 Å². The molecule has 0 aromatic heterocycles. The van der Waals surface area contributed by atoms with Gasteiger partial charge in [0, 0.05) is 66.5 Å². The van der Waals surface area contributed by atoms with E-state index in [-0.39, 0.29) is 11.9 Å². The number of anilines is 1. The van der Waals surface area contributed by atoms with Crippen molar-refractivity contribution >= 4 is 28.5 Å². The minimum atomic E-state index is -0.204. The van der Waals surface area contributed by atoms with E-state index < -0.39 is 0 Å². The quantitative estimate of drug-likeness (QED) is 0.122. The smallest absolute Gasteiger partial charge is 0.305 e. The van der Waals surface area contributed by atoms with Gasteiger partial charge in [-0.25, -0.2) is 0 Å². The second kappa shape index (κ2) is 12.2. The number of nitrogens with zero attached hydrogens (tertiary/aromatic N) is 2. The molecule has 2 aliphatic rings. The van der Waals surface area contributed by atoms with Gasteiger partial charge in [0.25, 0.3) is 5.91 Å². The van der Waals surface area contributed by atoms with E-state index in [0.29, 0.717) is 42.1 Å². The van der Waals surface area contributed by atoms with Gasteiger partial charge in [-0.05, 0) is 68.5 Å². The van der Waals surface area contributed by atoms with E-state index in [1.165, 1.54) is 7.11 Å². The van der Waals surface area contributed by atoms with Gasteiger partial charge in [-0.2, -0.15) is 0 Å². The Hall–Kier alpha value is -4.13. The molecule has 0 unspecified atom stereocenters. The fourth-order valence-corrected chi connectivity index (χ4v) is 4.93. The fourth-order valence-electron chi connectivity index (χ4n) is 4.93. The number of nitrogen functional groups attached to an aromatic ring is 1. The summed E-state index contributed by atoms with van der Waals surface area (Å²) in [5.41, 5.74) is 12.9. The molecule has 0 saturated heterocycles. The molecule has 0 saturated carbocycles.